The predicted molar refractivity (Wildman–Crippen MR) is 101 cm³/mol. The van der Waals surface area contributed by atoms with Crippen LogP contribution in [0.2, 0.25) is 0 Å². The van der Waals surface area contributed by atoms with Gasteiger partial charge < -0.3 is 21.1 Å². The first-order chi connectivity index (χ1) is 10.0. The van der Waals surface area contributed by atoms with E-state index in [-0.39, 0.29) is 41.9 Å². The topological polar surface area (TPSA) is 88.7 Å². The highest BCUT2D eigenvalue weighted by molar-refractivity contribution is 14.0. The predicted octanol–water partition coefficient (Wildman–Crippen LogP) is 2.34. The van der Waals surface area contributed by atoms with Gasteiger partial charge in [0.2, 0.25) is 5.91 Å². The number of aliphatic imine (C=N–C) groups is 1. The summed E-state index contributed by atoms with van der Waals surface area (Å²) in [7, 11) is 1.60. The smallest absolute Gasteiger partial charge is 0.222 e. The molecule has 0 radical (unpaired) electrons. The molecule has 0 aliphatic carbocycles. The van der Waals surface area contributed by atoms with Gasteiger partial charge in [0.25, 0.3) is 0 Å². The minimum atomic E-state index is -0.0118. The van der Waals surface area contributed by atoms with Crippen molar-refractivity contribution >= 4 is 41.5 Å². The highest BCUT2D eigenvalue weighted by Gasteiger charge is 2.04. The van der Waals surface area contributed by atoms with E-state index in [9.17, 15) is 4.79 Å². The van der Waals surface area contributed by atoms with Crippen LogP contribution in [0.1, 0.15) is 26.7 Å². The lowest BCUT2D eigenvalue weighted by molar-refractivity contribution is -0.121. The minimum Gasteiger partial charge on any atom is -0.497 e. The maximum absolute atomic E-state index is 11.6. The molecule has 1 rings (SSSR count). The van der Waals surface area contributed by atoms with E-state index in [0.717, 1.165) is 17.9 Å². The number of anilines is 1. The number of hydrogen-bond acceptors (Lipinski definition) is 3. The van der Waals surface area contributed by atoms with E-state index in [0.29, 0.717) is 13.0 Å². The molecule has 0 aliphatic heterocycles. The molecule has 1 atom stereocenters. The fourth-order valence-corrected chi connectivity index (χ4v) is 1.62. The Hall–Kier alpha value is -1.51. The number of halogens is 1. The number of guanidine groups is 1. The molecule has 1 amide bonds. The van der Waals surface area contributed by atoms with Crippen LogP contribution < -0.4 is 21.1 Å². The van der Waals surface area contributed by atoms with E-state index < -0.39 is 0 Å². The van der Waals surface area contributed by atoms with E-state index in [1.807, 2.05) is 38.1 Å². The van der Waals surface area contributed by atoms with Crippen LogP contribution in [0.5, 0.6) is 5.75 Å². The minimum absolute atomic E-state index is 0. The van der Waals surface area contributed by atoms with Crippen LogP contribution in [0.3, 0.4) is 0 Å². The summed E-state index contributed by atoms with van der Waals surface area (Å²) >= 11 is 0. The van der Waals surface area contributed by atoms with Gasteiger partial charge in [0.05, 0.1) is 13.7 Å². The monoisotopic (exact) mass is 420 g/mol. The van der Waals surface area contributed by atoms with Crippen LogP contribution in [0, 0.1) is 0 Å². The van der Waals surface area contributed by atoms with Crippen molar-refractivity contribution in [2.45, 2.75) is 32.7 Å². The van der Waals surface area contributed by atoms with Gasteiger partial charge in [-0.15, -0.1) is 24.0 Å². The second kappa shape index (κ2) is 11.1. The maximum atomic E-state index is 11.6. The van der Waals surface area contributed by atoms with Gasteiger partial charge in [0.15, 0.2) is 5.96 Å². The molecule has 0 aliphatic rings. The summed E-state index contributed by atoms with van der Waals surface area (Å²) in [6.45, 7) is 4.35. The molecule has 22 heavy (non-hydrogen) atoms. The molecule has 6 nitrogen and oxygen atoms in total. The van der Waals surface area contributed by atoms with E-state index in [1.165, 1.54) is 0 Å². The number of nitrogens with two attached hydrogens (primary N) is 1. The molecule has 1 aromatic rings. The lowest BCUT2D eigenvalue weighted by Crippen LogP contribution is -2.32. The zero-order valence-electron chi connectivity index (χ0n) is 13.3. The van der Waals surface area contributed by atoms with Crippen LogP contribution in [0.4, 0.5) is 5.69 Å². The third-order valence-corrected chi connectivity index (χ3v) is 2.98. The largest absolute Gasteiger partial charge is 0.497 e. The van der Waals surface area contributed by atoms with Crippen LogP contribution >= 0.6 is 24.0 Å². The number of carbonyl (C=O) groups excluding carboxylic acids is 1. The molecule has 0 saturated carbocycles. The van der Waals surface area contributed by atoms with Crippen molar-refractivity contribution in [1.82, 2.24) is 5.32 Å². The summed E-state index contributed by atoms with van der Waals surface area (Å²) < 4.78 is 5.12. The van der Waals surface area contributed by atoms with Crippen molar-refractivity contribution in [2.24, 2.45) is 10.7 Å². The first-order valence-corrected chi connectivity index (χ1v) is 7.05. The molecule has 1 aromatic carbocycles. The van der Waals surface area contributed by atoms with Crippen molar-refractivity contribution in [2.75, 3.05) is 19.0 Å². The number of benzene rings is 1. The number of carbonyl (C=O) groups is 1. The van der Waals surface area contributed by atoms with Gasteiger partial charge in [0, 0.05) is 24.2 Å². The zero-order valence-corrected chi connectivity index (χ0v) is 15.6. The summed E-state index contributed by atoms with van der Waals surface area (Å²) in [5.74, 6) is 1.00. The molecule has 0 fully saturated rings. The molecule has 1 unspecified atom stereocenters. The number of amides is 1. The van der Waals surface area contributed by atoms with Gasteiger partial charge in [-0.3, -0.25) is 9.79 Å². The van der Waals surface area contributed by atoms with Crippen molar-refractivity contribution < 1.29 is 9.53 Å². The van der Waals surface area contributed by atoms with E-state index in [4.69, 9.17) is 10.5 Å². The fourth-order valence-electron chi connectivity index (χ4n) is 1.62. The Morgan fingerprint density at radius 2 is 2.18 bits per heavy atom. The van der Waals surface area contributed by atoms with Gasteiger partial charge in [-0.05, 0) is 25.5 Å². The summed E-state index contributed by atoms with van der Waals surface area (Å²) in [5, 5.41) is 5.84. The van der Waals surface area contributed by atoms with Crippen molar-refractivity contribution in [1.29, 1.82) is 0 Å². The summed E-state index contributed by atoms with van der Waals surface area (Å²) in [5.41, 5.74) is 6.57. The van der Waals surface area contributed by atoms with Crippen LogP contribution in [-0.2, 0) is 4.79 Å². The Labute approximate surface area is 148 Å². The average molecular weight is 420 g/mol. The second-order valence-electron chi connectivity index (χ2n) is 4.75. The molecular weight excluding hydrogens is 395 g/mol. The molecule has 124 valence electrons. The highest BCUT2D eigenvalue weighted by atomic mass is 127. The molecule has 0 spiro atoms. The molecule has 0 saturated heterocycles. The molecule has 0 heterocycles. The fraction of sp³-hybridized carbons (Fsp3) is 0.467. The quantitative estimate of drug-likeness (QED) is 0.359. The Morgan fingerprint density at radius 1 is 1.45 bits per heavy atom. The van der Waals surface area contributed by atoms with Gasteiger partial charge in [-0.25, -0.2) is 0 Å². The SMILES string of the molecule is CCC(C)NC(=O)CCN=C(N)Nc1cccc(OC)c1.I. The highest BCUT2D eigenvalue weighted by Crippen LogP contribution is 2.16. The molecule has 0 bridgehead atoms. The van der Waals surface area contributed by atoms with Crippen molar-refractivity contribution in [3.8, 4) is 5.75 Å². The number of methoxy groups -OCH3 is 1. The third kappa shape index (κ3) is 8.06. The average Bonchev–Trinajstić information content (AvgIpc) is 2.47. The molecule has 7 heteroatoms. The maximum Gasteiger partial charge on any atom is 0.222 e. The van der Waals surface area contributed by atoms with Crippen LogP contribution in [-0.4, -0.2) is 31.6 Å². The van der Waals surface area contributed by atoms with E-state index in [2.05, 4.69) is 15.6 Å². The summed E-state index contributed by atoms with van der Waals surface area (Å²) in [6, 6.07) is 7.57. The van der Waals surface area contributed by atoms with Crippen molar-refractivity contribution in [3.63, 3.8) is 0 Å². The number of rotatable bonds is 7. The Balaban J connectivity index is 0.00000441. The Bertz CT molecular complexity index is 494. The standard InChI is InChI=1S/C15H24N4O2.HI/c1-4-11(2)18-14(20)8-9-17-15(16)19-12-6-5-7-13(10-12)21-3;/h5-7,10-11H,4,8-9H2,1-3H3,(H,18,20)(H3,16,17,19);1H. The van der Waals surface area contributed by atoms with Gasteiger partial charge in [-0.1, -0.05) is 13.0 Å². The molecule has 4 N–H and O–H groups in total. The van der Waals surface area contributed by atoms with E-state index in [1.54, 1.807) is 7.11 Å². The number of ether oxygens (including phenoxy) is 1. The first kappa shape index (κ1) is 20.5. The first-order valence-electron chi connectivity index (χ1n) is 7.05. The van der Waals surface area contributed by atoms with Gasteiger partial charge >= 0.3 is 0 Å². The number of nitrogens with one attached hydrogen (secondary N) is 2. The van der Waals surface area contributed by atoms with Crippen LogP contribution in [0.25, 0.3) is 0 Å². The molecular formula is C15H25IN4O2. The van der Waals surface area contributed by atoms with Crippen LogP contribution in [0.15, 0.2) is 29.3 Å². The van der Waals surface area contributed by atoms with Gasteiger partial charge in [0.1, 0.15) is 5.75 Å². The lowest BCUT2D eigenvalue weighted by Gasteiger charge is -2.10. The Kier molecular flexibility index (Phi) is 10.3. The molecule has 0 aromatic heterocycles. The normalized spacial score (nSPS) is 12.0. The third-order valence-electron chi connectivity index (χ3n) is 2.98. The summed E-state index contributed by atoms with van der Waals surface area (Å²) in [4.78, 5) is 15.7. The Morgan fingerprint density at radius 3 is 2.82 bits per heavy atom. The van der Waals surface area contributed by atoms with E-state index >= 15 is 0 Å². The summed E-state index contributed by atoms with van der Waals surface area (Å²) in [6.07, 6.45) is 1.24. The van der Waals surface area contributed by atoms with Gasteiger partial charge in [-0.2, -0.15) is 0 Å². The zero-order chi connectivity index (χ0) is 15.7. The van der Waals surface area contributed by atoms with Crippen molar-refractivity contribution in [3.05, 3.63) is 24.3 Å². The lowest BCUT2D eigenvalue weighted by atomic mass is 10.2. The second-order valence-corrected chi connectivity index (χ2v) is 4.75. The number of nitrogens with zero attached hydrogens (tertiary/aromatic N) is 1. The number of hydrogen-bond donors (Lipinski definition) is 3.